The lowest BCUT2D eigenvalue weighted by Gasteiger charge is -2.11. The molecule has 4 aromatic rings. The minimum absolute atomic E-state index is 0.0312. The molecule has 0 radical (unpaired) electrons. The van der Waals surface area contributed by atoms with Gasteiger partial charge in [0.05, 0.1) is 16.7 Å². The molecule has 0 bridgehead atoms. The van der Waals surface area contributed by atoms with E-state index in [1.165, 1.54) is 30.3 Å². The lowest BCUT2D eigenvalue weighted by atomic mass is 10.1. The number of anilines is 1. The summed E-state index contributed by atoms with van der Waals surface area (Å²) >= 11 is 0. The van der Waals surface area contributed by atoms with Crippen molar-refractivity contribution in [1.29, 1.82) is 0 Å². The van der Waals surface area contributed by atoms with E-state index in [0.29, 0.717) is 5.52 Å². The highest BCUT2D eigenvalue weighted by Gasteiger charge is 2.18. The van der Waals surface area contributed by atoms with Gasteiger partial charge in [-0.15, -0.1) is 0 Å². The Balaban J connectivity index is 1.68. The number of rotatable bonds is 6. The van der Waals surface area contributed by atoms with Crippen LogP contribution in [0.4, 0.5) is 10.1 Å². The maximum absolute atomic E-state index is 13.1. The summed E-state index contributed by atoms with van der Waals surface area (Å²) in [7, 11) is -4.03. The molecule has 0 aliphatic heterocycles. The van der Waals surface area contributed by atoms with Crippen LogP contribution in [0.1, 0.15) is 21.6 Å². The molecule has 0 unspecified atom stereocenters. The molecule has 32 heavy (non-hydrogen) atoms. The fourth-order valence-corrected chi connectivity index (χ4v) is 4.23. The van der Waals surface area contributed by atoms with Crippen LogP contribution in [0.3, 0.4) is 0 Å². The highest BCUT2D eigenvalue weighted by atomic mass is 32.2. The average Bonchev–Trinajstić information content (AvgIpc) is 3.17. The molecule has 11 heteroatoms. The van der Waals surface area contributed by atoms with Crippen molar-refractivity contribution in [3.8, 4) is 0 Å². The minimum atomic E-state index is -4.03. The highest BCUT2D eigenvalue weighted by molar-refractivity contribution is 7.92. The van der Waals surface area contributed by atoms with Crippen LogP contribution < -0.4 is 15.6 Å². The molecule has 2 aromatic heterocycles. The summed E-state index contributed by atoms with van der Waals surface area (Å²) in [5, 5.41) is 9.63. The molecule has 1 amide bonds. The van der Waals surface area contributed by atoms with Gasteiger partial charge in [-0.1, -0.05) is 0 Å². The first kappa shape index (κ1) is 21.2. The Morgan fingerprint density at radius 1 is 1.12 bits per heavy atom. The first-order valence-corrected chi connectivity index (χ1v) is 10.9. The second kappa shape index (κ2) is 8.27. The summed E-state index contributed by atoms with van der Waals surface area (Å²) < 4.78 is 41.1. The first-order chi connectivity index (χ1) is 15.2. The van der Waals surface area contributed by atoms with Crippen molar-refractivity contribution in [3.05, 3.63) is 87.7 Å². The Morgan fingerprint density at radius 3 is 2.56 bits per heavy atom. The van der Waals surface area contributed by atoms with E-state index in [4.69, 9.17) is 0 Å². The topological polar surface area (TPSA) is 137 Å². The Kier molecular flexibility index (Phi) is 5.49. The molecule has 164 valence electrons. The number of hydrogen-bond donors (Lipinski definition) is 4. The van der Waals surface area contributed by atoms with Crippen molar-refractivity contribution in [2.45, 2.75) is 18.4 Å². The number of H-pyrrole nitrogens is 2. The smallest absolute Gasteiger partial charge is 0.261 e. The SMILES string of the molecule is Cc1[nH]ncc1CNC(=O)c1cc(=O)[nH]c2ccc(S(=O)(=O)Nc3ccc(F)cc3)cc12. The second-order valence-corrected chi connectivity index (χ2v) is 8.75. The third kappa shape index (κ3) is 4.37. The zero-order chi connectivity index (χ0) is 22.9. The number of nitrogens with one attached hydrogen (secondary N) is 4. The third-order valence-electron chi connectivity index (χ3n) is 4.84. The zero-order valence-electron chi connectivity index (χ0n) is 16.8. The van der Waals surface area contributed by atoms with Crippen molar-refractivity contribution < 1.29 is 17.6 Å². The van der Waals surface area contributed by atoms with Crippen LogP contribution in [0.15, 0.2) is 64.4 Å². The maximum atomic E-state index is 13.1. The number of nitrogens with zero attached hydrogens (tertiary/aromatic N) is 1. The number of benzene rings is 2. The van der Waals surface area contributed by atoms with Crippen LogP contribution in [0.5, 0.6) is 0 Å². The predicted octanol–water partition coefficient (Wildman–Crippen LogP) is 2.43. The number of aromatic amines is 2. The van der Waals surface area contributed by atoms with Crippen molar-refractivity contribution in [1.82, 2.24) is 20.5 Å². The minimum Gasteiger partial charge on any atom is -0.348 e. The van der Waals surface area contributed by atoms with E-state index in [0.717, 1.165) is 29.5 Å². The molecule has 0 saturated heterocycles. The van der Waals surface area contributed by atoms with Crippen molar-refractivity contribution in [2.24, 2.45) is 0 Å². The van der Waals surface area contributed by atoms with E-state index >= 15 is 0 Å². The first-order valence-electron chi connectivity index (χ1n) is 9.45. The number of aryl methyl sites for hydroxylation is 1. The van der Waals surface area contributed by atoms with Gasteiger partial charge in [0.25, 0.3) is 15.9 Å². The number of amides is 1. The van der Waals surface area contributed by atoms with Gasteiger partial charge in [-0.2, -0.15) is 5.10 Å². The number of sulfonamides is 1. The van der Waals surface area contributed by atoms with Crippen LogP contribution in [0.2, 0.25) is 0 Å². The number of aromatic nitrogens is 3. The van der Waals surface area contributed by atoms with Crippen LogP contribution in [-0.4, -0.2) is 29.5 Å². The molecule has 0 atom stereocenters. The Hall–Kier alpha value is -3.99. The fourth-order valence-electron chi connectivity index (χ4n) is 3.14. The molecule has 0 saturated carbocycles. The fraction of sp³-hybridized carbons (Fsp3) is 0.0952. The van der Waals surface area contributed by atoms with Crippen LogP contribution in [-0.2, 0) is 16.6 Å². The Labute approximate surface area is 181 Å². The lowest BCUT2D eigenvalue weighted by Crippen LogP contribution is -2.25. The quantitative estimate of drug-likeness (QED) is 0.354. The normalized spacial score (nSPS) is 11.4. The van der Waals surface area contributed by atoms with Gasteiger partial charge >= 0.3 is 0 Å². The largest absolute Gasteiger partial charge is 0.348 e. The summed E-state index contributed by atoms with van der Waals surface area (Å²) in [4.78, 5) is 27.3. The van der Waals surface area contributed by atoms with Crippen molar-refractivity contribution in [2.75, 3.05) is 4.72 Å². The molecule has 2 aromatic carbocycles. The van der Waals surface area contributed by atoms with Gasteiger partial charge in [-0.05, 0) is 49.4 Å². The van der Waals surface area contributed by atoms with E-state index in [-0.39, 0.29) is 28.1 Å². The number of hydrogen-bond acceptors (Lipinski definition) is 5. The third-order valence-corrected chi connectivity index (χ3v) is 6.22. The molecule has 0 aliphatic carbocycles. The molecule has 4 rings (SSSR count). The Bertz CT molecular complexity index is 1480. The van der Waals surface area contributed by atoms with E-state index in [1.807, 2.05) is 6.92 Å². The maximum Gasteiger partial charge on any atom is 0.261 e. The van der Waals surface area contributed by atoms with Crippen LogP contribution >= 0.6 is 0 Å². The van der Waals surface area contributed by atoms with Crippen LogP contribution in [0.25, 0.3) is 10.9 Å². The average molecular weight is 455 g/mol. The van der Waals surface area contributed by atoms with E-state index in [1.54, 1.807) is 6.20 Å². The molecule has 0 fully saturated rings. The molecular weight excluding hydrogens is 437 g/mol. The monoisotopic (exact) mass is 455 g/mol. The summed E-state index contributed by atoms with van der Waals surface area (Å²) in [6.07, 6.45) is 1.58. The van der Waals surface area contributed by atoms with E-state index < -0.39 is 27.3 Å². The summed E-state index contributed by atoms with van der Waals surface area (Å²) in [6.45, 7) is 1.99. The molecule has 0 spiro atoms. The summed E-state index contributed by atoms with van der Waals surface area (Å²) in [6, 6.07) is 9.98. The predicted molar refractivity (Wildman–Crippen MR) is 116 cm³/mol. The van der Waals surface area contributed by atoms with Gasteiger partial charge in [0.15, 0.2) is 0 Å². The molecule has 0 aliphatic rings. The number of fused-ring (bicyclic) bond motifs is 1. The Morgan fingerprint density at radius 2 is 1.88 bits per heavy atom. The summed E-state index contributed by atoms with van der Waals surface area (Å²) in [5.74, 6) is -1.04. The van der Waals surface area contributed by atoms with E-state index in [2.05, 4.69) is 25.2 Å². The zero-order valence-corrected chi connectivity index (χ0v) is 17.6. The number of halogens is 1. The number of pyridine rings is 1. The van der Waals surface area contributed by atoms with Crippen molar-refractivity contribution in [3.63, 3.8) is 0 Å². The van der Waals surface area contributed by atoms with Gasteiger partial charge in [0, 0.05) is 40.5 Å². The summed E-state index contributed by atoms with van der Waals surface area (Å²) in [5.41, 5.74) is 1.59. The van der Waals surface area contributed by atoms with Gasteiger partial charge in [-0.25, -0.2) is 12.8 Å². The molecular formula is C21H18FN5O4S. The number of carbonyl (C=O) groups is 1. The number of carbonyl (C=O) groups excluding carboxylic acids is 1. The van der Waals surface area contributed by atoms with Crippen LogP contribution in [0, 0.1) is 12.7 Å². The lowest BCUT2D eigenvalue weighted by molar-refractivity contribution is 0.0952. The molecule has 2 heterocycles. The second-order valence-electron chi connectivity index (χ2n) is 7.07. The van der Waals surface area contributed by atoms with Gasteiger partial charge in [-0.3, -0.25) is 19.4 Å². The van der Waals surface area contributed by atoms with Gasteiger partial charge in [0.1, 0.15) is 5.82 Å². The van der Waals surface area contributed by atoms with E-state index in [9.17, 15) is 22.4 Å². The van der Waals surface area contributed by atoms with Gasteiger partial charge < -0.3 is 10.3 Å². The molecule has 4 N–H and O–H groups in total. The highest BCUT2D eigenvalue weighted by Crippen LogP contribution is 2.22. The standard InChI is InChI=1S/C21H18FN5O4S/c1-12-13(11-24-26-12)10-23-21(29)18-9-20(28)25-19-7-6-16(8-17(18)19)32(30,31)27-15-4-2-14(22)3-5-15/h2-9,11,27H,10H2,1H3,(H,23,29)(H,24,26)(H,25,28). The molecule has 9 nitrogen and oxygen atoms in total. The van der Waals surface area contributed by atoms with Gasteiger partial charge in [0.2, 0.25) is 5.56 Å². The van der Waals surface area contributed by atoms with Crippen molar-refractivity contribution >= 4 is 32.5 Å².